The summed E-state index contributed by atoms with van der Waals surface area (Å²) in [6, 6.07) is 6.81. The molecule has 0 radical (unpaired) electrons. The summed E-state index contributed by atoms with van der Waals surface area (Å²) in [5, 5.41) is 4.10. The fourth-order valence-corrected chi connectivity index (χ4v) is 2.76. The van der Waals surface area contributed by atoms with Crippen LogP contribution in [0, 0.1) is 6.92 Å². The summed E-state index contributed by atoms with van der Waals surface area (Å²) in [4.78, 5) is 9.24. The first-order chi connectivity index (χ1) is 12.2. The Labute approximate surface area is 152 Å². The SMILES string of the molecule is COc1ccc(Cl)cc1CN(C)c1cc(C)nc2nc(C(F)(F)F)nn12. The van der Waals surface area contributed by atoms with Gasteiger partial charge in [-0.2, -0.15) is 22.7 Å². The molecule has 6 nitrogen and oxygen atoms in total. The smallest absolute Gasteiger partial charge is 0.453 e. The van der Waals surface area contributed by atoms with Crippen LogP contribution in [-0.4, -0.2) is 33.7 Å². The molecule has 138 valence electrons. The molecule has 0 amide bonds. The fraction of sp³-hybridized carbons (Fsp3) is 0.312. The Morgan fingerprint density at radius 3 is 2.62 bits per heavy atom. The van der Waals surface area contributed by atoms with Crippen LogP contribution in [0.1, 0.15) is 17.1 Å². The second-order valence-corrected chi connectivity index (χ2v) is 6.15. The maximum atomic E-state index is 12.9. The molecule has 2 heterocycles. The minimum absolute atomic E-state index is 0.114. The number of halogens is 4. The highest BCUT2D eigenvalue weighted by Crippen LogP contribution is 2.29. The number of aryl methyl sites for hydroxylation is 1. The molecule has 0 spiro atoms. The Hall–Kier alpha value is -2.55. The van der Waals surface area contributed by atoms with E-state index in [0.717, 1.165) is 10.1 Å². The summed E-state index contributed by atoms with van der Waals surface area (Å²) >= 11 is 6.04. The van der Waals surface area contributed by atoms with Gasteiger partial charge in [-0.1, -0.05) is 11.6 Å². The van der Waals surface area contributed by atoms with E-state index < -0.39 is 12.0 Å². The van der Waals surface area contributed by atoms with Gasteiger partial charge in [0, 0.05) is 35.9 Å². The summed E-state index contributed by atoms with van der Waals surface area (Å²) in [5.41, 5.74) is 1.31. The van der Waals surface area contributed by atoms with Crippen molar-refractivity contribution in [2.24, 2.45) is 0 Å². The Kier molecular flexibility index (Phi) is 4.66. The normalized spacial score (nSPS) is 11.8. The highest BCUT2D eigenvalue weighted by molar-refractivity contribution is 6.30. The zero-order valence-electron chi connectivity index (χ0n) is 14.2. The highest BCUT2D eigenvalue weighted by Gasteiger charge is 2.37. The molecule has 2 aromatic heterocycles. The zero-order chi connectivity index (χ0) is 19.1. The summed E-state index contributed by atoms with van der Waals surface area (Å²) in [5.74, 6) is -0.307. The van der Waals surface area contributed by atoms with Crippen molar-refractivity contribution >= 4 is 23.2 Å². The first-order valence-corrected chi connectivity index (χ1v) is 7.92. The van der Waals surface area contributed by atoms with Crippen LogP contribution in [-0.2, 0) is 12.7 Å². The van der Waals surface area contributed by atoms with Crippen LogP contribution in [0.25, 0.3) is 5.78 Å². The van der Waals surface area contributed by atoms with Crippen LogP contribution in [0.3, 0.4) is 0 Å². The maximum Gasteiger partial charge on any atom is 0.453 e. The van der Waals surface area contributed by atoms with Crippen molar-refractivity contribution < 1.29 is 17.9 Å². The molecule has 1 aromatic carbocycles. The molecule has 26 heavy (non-hydrogen) atoms. The van der Waals surface area contributed by atoms with E-state index in [-0.39, 0.29) is 5.78 Å². The quantitative estimate of drug-likeness (QED) is 0.684. The molecule has 0 N–H and O–H groups in total. The maximum absolute atomic E-state index is 12.9. The van der Waals surface area contributed by atoms with Gasteiger partial charge in [0.05, 0.1) is 7.11 Å². The number of anilines is 1. The van der Waals surface area contributed by atoms with Crippen molar-refractivity contribution in [1.29, 1.82) is 0 Å². The molecule has 10 heteroatoms. The molecule has 3 rings (SSSR count). The van der Waals surface area contributed by atoms with E-state index in [4.69, 9.17) is 16.3 Å². The van der Waals surface area contributed by atoms with Crippen LogP contribution in [0.2, 0.25) is 5.02 Å². The molecule has 0 bridgehead atoms. The minimum atomic E-state index is -4.65. The number of hydrogen-bond acceptors (Lipinski definition) is 5. The van der Waals surface area contributed by atoms with Gasteiger partial charge in [-0.05, 0) is 25.1 Å². The van der Waals surface area contributed by atoms with Gasteiger partial charge in [-0.3, -0.25) is 0 Å². The third-order valence-electron chi connectivity index (χ3n) is 3.72. The average molecular weight is 386 g/mol. The highest BCUT2D eigenvalue weighted by atomic mass is 35.5. The number of aromatic nitrogens is 4. The van der Waals surface area contributed by atoms with Gasteiger partial charge in [0.15, 0.2) is 0 Å². The molecule has 0 fully saturated rings. The number of benzene rings is 1. The molecule has 0 atom stereocenters. The second-order valence-electron chi connectivity index (χ2n) is 5.71. The van der Waals surface area contributed by atoms with E-state index in [1.165, 1.54) is 7.11 Å². The third kappa shape index (κ3) is 3.52. The van der Waals surface area contributed by atoms with E-state index in [0.29, 0.717) is 28.8 Å². The number of ether oxygens (including phenoxy) is 1. The molecule has 0 aliphatic heterocycles. The van der Waals surface area contributed by atoms with Crippen molar-refractivity contribution in [1.82, 2.24) is 19.6 Å². The predicted octanol–water partition coefficient (Wildman–Crippen LogP) is 3.75. The van der Waals surface area contributed by atoms with Gasteiger partial charge in [-0.15, -0.1) is 5.10 Å². The summed E-state index contributed by atoms with van der Waals surface area (Å²) in [6.07, 6.45) is -4.65. The number of alkyl halides is 3. The van der Waals surface area contributed by atoms with E-state index in [9.17, 15) is 13.2 Å². The van der Waals surface area contributed by atoms with Gasteiger partial charge < -0.3 is 9.64 Å². The lowest BCUT2D eigenvalue weighted by atomic mass is 10.2. The lowest BCUT2D eigenvalue weighted by molar-refractivity contribution is -0.144. The number of rotatable bonds is 4. The van der Waals surface area contributed by atoms with Crippen LogP contribution in [0.15, 0.2) is 24.3 Å². The molecule has 0 saturated heterocycles. The first kappa shape index (κ1) is 18.2. The molecular formula is C16H15ClF3N5O. The lowest BCUT2D eigenvalue weighted by Crippen LogP contribution is -2.21. The monoisotopic (exact) mass is 385 g/mol. The van der Waals surface area contributed by atoms with Crippen molar-refractivity contribution in [3.05, 3.63) is 46.4 Å². The van der Waals surface area contributed by atoms with Gasteiger partial charge >= 0.3 is 6.18 Å². The predicted molar refractivity (Wildman–Crippen MR) is 90.6 cm³/mol. The molecule has 0 aliphatic rings. The summed E-state index contributed by atoms with van der Waals surface area (Å²) in [6.45, 7) is 2.02. The Morgan fingerprint density at radius 1 is 1.23 bits per heavy atom. The van der Waals surface area contributed by atoms with Gasteiger partial charge in [0.1, 0.15) is 11.6 Å². The largest absolute Gasteiger partial charge is 0.496 e. The van der Waals surface area contributed by atoms with Crippen molar-refractivity contribution in [2.45, 2.75) is 19.6 Å². The molecule has 0 saturated carbocycles. The number of nitrogens with zero attached hydrogens (tertiary/aromatic N) is 5. The minimum Gasteiger partial charge on any atom is -0.496 e. The van der Waals surface area contributed by atoms with E-state index >= 15 is 0 Å². The first-order valence-electron chi connectivity index (χ1n) is 7.54. The average Bonchev–Trinajstić information content (AvgIpc) is 2.98. The number of hydrogen-bond donors (Lipinski definition) is 0. The van der Waals surface area contributed by atoms with Crippen LogP contribution in [0.5, 0.6) is 5.75 Å². The number of methoxy groups -OCH3 is 1. The Morgan fingerprint density at radius 2 is 1.96 bits per heavy atom. The Balaban J connectivity index is 2.04. The summed E-state index contributed by atoms with van der Waals surface area (Å²) < 4.78 is 45.2. The van der Waals surface area contributed by atoms with E-state index in [1.807, 2.05) is 0 Å². The molecule has 0 unspecified atom stereocenters. The van der Waals surface area contributed by atoms with Crippen molar-refractivity contribution in [2.75, 3.05) is 19.1 Å². The molecule has 3 aromatic rings. The zero-order valence-corrected chi connectivity index (χ0v) is 14.9. The number of fused-ring (bicyclic) bond motifs is 1. The van der Waals surface area contributed by atoms with Crippen LogP contribution in [0.4, 0.5) is 19.0 Å². The fourth-order valence-electron chi connectivity index (χ4n) is 2.57. The second kappa shape index (κ2) is 6.64. The van der Waals surface area contributed by atoms with Crippen LogP contribution >= 0.6 is 11.6 Å². The van der Waals surface area contributed by atoms with Gasteiger partial charge in [0.25, 0.3) is 11.6 Å². The van der Waals surface area contributed by atoms with E-state index in [1.54, 1.807) is 43.1 Å². The van der Waals surface area contributed by atoms with Gasteiger partial charge in [0.2, 0.25) is 0 Å². The summed E-state index contributed by atoms with van der Waals surface area (Å²) in [7, 11) is 3.26. The Bertz CT molecular complexity index is 957. The topological polar surface area (TPSA) is 55.5 Å². The standard InChI is InChI=1S/C16H15ClF3N5O/c1-9-6-13(25-15(21-9)22-14(23-25)16(18,19)20)24(2)8-10-7-11(17)4-5-12(10)26-3/h4-7H,8H2,1-3H3. The van der Waals surface area contributed by atoms with Gasteiger partial charge in [-0.25, -0.2) is 4.98 Å². The lowest BCUT2D eigenvalue weighted by Gasteiger charge is -2.21. The van der Waals surface area contributed by atoms with Crippen molar-refractivity contribution in [3.63, 3.8) is 0 Å². The third-order valence-corrected chi connectivity index (χ3v) is 3.95. The molecule has 0 aliphatic carbocycles. The van der Waals surface area contributed by atoms with Crippen molar-refractivity contribution in [3.8, 4) is 5.75 Å². The van der Waals surface area contributed by atoms with E-state index in [2.05, 4.69) is 15.1 Å². The van der Waals surface area contributed by atoms with Crippen LogP contribution < -0.4 is 9.64 Å². The molecular weight excluding hydrogens is 371 g/mol.